The van der Waals surface area contributed by atoms with Gasteiger partial charge in [-0.15, -0.1) is 0 Å². The van der Waals surface area contributed by atoms with Gasteiger partial charge in [0.15, 0.2) is 0 Å². The molecule has 0 aliphatic carbocycles. The van der Waals surface area contributed by atoms with E-state index in [4.69, 9.17) is 0 Å². The van der Waals surface area contributed by atoms with Crippen LogP contribution in [0.1, 0.15) is 6.92 Å². The first kappa shape index (κ1) is 8.56. The van der Waals surface area contributed by atoms with Crippen molar-refractivity contribution in [1.82, 2.24) is 10.0 Å². The highest BCUT2D eigenvalue weighted by Crippen LogP contribution is 2.07. The highest BCUT2D eigenvalue weighted by molar-refractivity contribution is 5.82. The number of hydroxylamine groups is 2. The van der Waals surface area contributed by atoms with Crippen LogP contribution in [0.2, 0.25) is 0 Å². The Bertz CT molecular complexity index is 639. The minimum atomic E-state index is 0.556. The number of para-hydroxylation sites is 1. The van der Waals surface area contributed by atoms with Crippen LogP contribution in [0.15, 0.2) is 24.3 Å². The van der Waals surface area contributed by atoms with Gasteiger partial charge in [0.1, 0.15) is 0 Å². The summed E-state index contributed by atoms with van der Waals surface area (Å²) in [6, 6.07) is 8.19. The third-order valence-corrected chi connectivity index (χ3v) is 2.96. The Morgan fingerprint density at radius 3 is 3.00 bits per heavy atom. The van der Waals surface area contributed by atoms with Gasteiger partial charge < -0.3 is 4.98 Å². The molecule has 2 heterocycles. The molecular weight excluding hydrogens is 188 g/mol. The zero-order chi connectivity index (χ0) is 10.4. The second-order valence-corrected chi connectivity index (χ2v) is 3.83. The monoisotopic (exact) mass is 200 g/mol. The third-order valence-electron chi connectivity index (χ3n) is 2.96. The quantitative estimate of drug-likeness (QED) is 0.659. The summed E-state index contributed by atoms with van der Waals surface area (Å²) < 4.78 is 0. The number of hydrogen-bond acceptors (Lipinski definition) is 2. The Balaban J connectivity index is 2.57. The number of rotatable bonds is 0. The van der Waals surface area contributed by atoms with Gasteiger partial charge in [0.2, 0.25) is 0 Å². The van der Waals surface area contributed by atoms with Gasteiger partial charge in [0.05, 0.1) is 17.6 Å². The molecule has 0 bridgehead atoms. The van der Waals surface area contributed by atoms with Crippen LogP contribution in [0, 0.1) is 0 Å². The molecule has 76 valence electrons. The molecule has 1 aliphatic rings. The van der Waals surface area contributed by atoms with Crippen LogP contribution >= 0.6 is 0 Å². The summed E-state index contributed by atoms with van der Waals surface area (Å²) in [6.07, 6.45) is 2.04. The normalized spacial score (nSPS) is 15.3. The van der Waals surface area contributed by atoms with Gasteiger partial charge in [0, 0.05) is 16.1 Å². The van der Waals surface area contributed by atoms with Crippen molar-refractivity contribution in [2.24, 2.45) is 0 Å². The zero-order valence-electron chi connectivity index (χ0n) is 8.49. The standard InChI is InChI=1S/C12H12N2O/c1-8-12-10(6-7-14(8)15)9-4-2-3-5-11(9)13-12/h2-6,13,15H,7H2,1H3. The Hall–Kier alpha value is -1.74. The first-order valence-corrected chi connectivity index (χ1v) is 5.01. The first-order chi connectivity index (χ1) is 7.27. The van der Waals surface area contributed by atoms with E-state index < -0.39 is 0 Å². The highest BCUT2D eigenvalue weighted by atomic mass is 16.5. The summed E-state index contributed by atoms with van der Waals surface area (Å²) in [6.45, 7) is 2.47. The summed E-state index contributed by atoms with van der Waals surface area (Å²) in [5.74, 6) is 0. The summed E-state index contributed by atoms with van der Waals surface area (Å²) in [5, 5.41) is 14.3. The lowest BCUT2D eigenvalue weighted by Crippen LogP contribution is -2.37. The average molecular weight is 200 g/mol. The number of nitrogens with one attached hydrogen (secondary N) is 1. The predicted octanol–water partition coefficient (Wildman–Crippen LogP) is 0.781. The highest BCUT2D eigenvalue weighted by Gasteiger charge is 2.10. The van der Waals surface area contributed by atoms with E-state index in [0.29, 0.717) is 6.54 Å². The zero-order valence-corrected chi connectivity index (χ0v) is 8.49. The lowest BCUT2D eigenvalue weighted by atomic mass is 10.2. The number of nitrogens with zero attached hydrogens (tertiary/aromatic N) is 1. The molecule has 0 saturated carbocycles. The van der Waals surface area contributed by atoms with Crippen LogP contribution < -0.4 is 10.6 Å². The lowest BCUT2D eigenvalue weighted by molar-refractivity contribution is -0.0162. The molecule has 1 aromatic heterocycles. The van der Waals surface area contributed by atoms with Crippen LogP contribution in [-0.2, 0) is 0 Å². The van der Waals surface area contributed by atoms with Crippen molar-refractivity contribution in [3.8, 4) is 0 Å². The second kappa shape index (κ2) is 2.87. The number of fused-ring (bicyclic) bond motifs is 3. The maximum Gasteiger partial charge on any atom is 0.0678 e. The van der Waals surface area contributed by atoms with E-state index in [-0.39, 0.29) is 0 Å². The third kappa shape index (κ3) is 1.10. The molecule has 3 heteroatoms. The van der Waals surface area contributed by atoms with Crippen molar-refractivity contribution in [2.45, 2.75) is 6.92 Å². The fraction of sp³-hybridized carbons (Fsp3) is 0.167. The van der Waals surface area contributed by atoms with Crippen LogP contribution in [0.3, 0.4) is 0 Å². The van der Waals surface area contributed by atoms with Crippen LogP contribution in [-0.4, -0.2) is 21.8 Å². The van der Waals surface area contributed by atoms with E-state index >= 15 is 0 Å². The summed E-state index contributed by atoms with van der Waals surface area (Å²) >= 11 is 0. The Labute approximate surface area is 86.9 Å². The SMILES string of the molecule is CC1=c2[nH]c3ccccc3c2=CCN1O. The largest absolute Gasteiger partial charge is 0.353 e. The van der Waals surface area contributed by atoms with Crippen LogP contribution in [0.5, 0.6) is 0 Å². The Morgan fingerprint density at radius 2 is 2.13 bits per heavy atom. The fourth-order valence-corrected chi connectivity index (χ4v) is 2.10. The smallest absolute Gasteiger partial charge is 0.0678 e. The van der Waals surface area contributed by atoms with Crippen molar-refractivity contribution in [1.29, 1.82) is 0 Å². The minimum Gasteiger partial charge on any atom is -0.353 e. The van der Waals surface area contributed by atoms with Crippen molar-refractivity contribution in [3.63, 3.8) is 0 Å². The number of aromatic amines is 1. The van der Waals surface area contributed by atoms with Gasteiger partial charge in [0.25, 0.3) is 0 Å². The van der Waals surface area contributed by atoms with E-state index in [1.165, 1.54) is 15.7 Å². The van der Waals surface area contributed by atoms with Gasteiger partial charge in [-0.25, -0.2) is 0 Å². The van der Waals surface area contributed by atoms with Crippen molar-refractivity contribution in [2.75, 3.05) is 6.54 Å². The number of H-pyrrole nitrogens is 1. The Morgan fingerprint density at radius 1 is 1.33 bits per heavy atom. The van der Waals surface area contributed by atoms with Crippen molar-refractivity contribution < 1.29 is 5.21 Å². The van der Waals surface area contributed by atoms with Gasteiger partial charge >= 0.3 is 0 Å². The molecular formula is C12H12N2O. The molecule has 0 fully saturated rings. The molecule has 0 unspecified atom stereocenters. The molecule has 3 rings (SSSR count). The van der Waals surface area contributed by atoms with E-state index in [9.17, 15) is 5.21 Å². The molecule has 1 aromatic carbocycles. The summed E-state index contributed by atoms with van der Waals surface area (Å²) in [5.41, 5.74) is 2.00. The first-order valence-electron chi connectivity index (χ1n) is 5.01. The Kier molecular flexibility index (Phi) is 1.64. The average Bonchev–Trinajstić information content (AvgIpc) is 2.63. The van der Waals surface area contributed by atoms with Gasteiger partial charge in [-0.2, -0.15) is 0 Å². The predicted molar refractivity (Wildman–Crippen MR) is 59.6 cm³/mol. The van der Waals surface area contributed by atoms with E-state index in [0.717, 1.165) is 16.6 Å². The fourth-order valence-electron chi connectivity index (χ4n) is 2.10. The van der Waals surface area contributed by atoms with Gasteiger partial charge in [-0.05, 0) is 13.0 Å². The number of hydrogen-bond donors (Lipinski definition) is 2. The molecule has 2 aromatic rings. The summed E-state index contributed by atoms with van der Waals surface area (Å²) in [7, 11) is 0. The molecule has 3 nitrogen and oxygen atoms in total. The van der Waals surface area contributed by atoms with Crippen molar-refractivity contribution >= 4 is 22.7 Å². The maximum atomic E-state index is 9.59. The molecule has 2 N–H and O–H groups in total. The number of benzene rings is 1. The molecule has 0 atom stereocenters. The van der Waals surface area contributed by atoms with Crippen LogP contribution in [0.25, 0.3) is 22.7 Å². The lowest BCUT2D eigenvalue weighted by Gasteiger charge is -2.17. The molecule has 0 saturated heterocycles. The van der Waals surface area contributed by atoms with Gasteiger partial charge in [-0.3, -0.25) is 10.3 Å². The van der Waals surface area contributed by atoms with Crippen molar-refractivity contribution in [3.05, 3.63) is 34.8 Å². The van der Waals surface area contributed by atoms with Crippen LogP contribution in [0.4, 0.5) is 0 Å². The molecule has 0 radical (unpaired) electrons. The van der Waals surface area contributed by atoms with E-state index in [2.05, 4.69) is 17.1 Å². The topological polar surface area (TPSA) is 39.3 Å². The number of aromatic nitrogens is 1. The molecule has 0 amide bonds. The minimum absolute atomic E-state index is 0.556. The van der Waals surface area contributed by atoms with E-state index in [1.54, 1.807) is 0 Å². The molecule has 15 heavy (non-hydrogen) atoms. The summed E-state index contributed by atoms with van der Waals surface area (Å²) in [4.78, 5) is 3.33. The molecule has 1 aliphatic heterocycles. The maximum absolute atomic E-state index is 9.59. The second-order valence-electron chi connectivity index (χ2n) is 3.83. The van der Waals surface area contributed by atoms with Gasteiger partial charge in [-0.1, -0.05) is 24.3 Å². The van der Waals surface area contributed by atoms with E-state index in [1.807, 2.05) is 25.1 Å². The molecule has 0 spiro atoms.